The Morgan fingerprint density at radius 2 is 1.94 bits per heavy atom. The molecule has 11 heteroatoms. The molecule has 0 saturated carbocycles. The summed E-state index contributed by atoms with van der Waals surface area (Å²) in [6.45, 7) is 3.05. The lowest BCUT2D eigenvalue weighted by molar-refractivity contribution is -0.146. The van der Waals surface area contributed by atoms with Crippen molar-refractivity contribution in [1.29, 1.82) is 0 Å². The second-order valence-electron chi connectivity index (χ2n) is 9.15. The molecular weight excluding hydrogens is 459 g/mol. The summed E-state index contributed by atoms with van der Waals surface area (Å²) in [6, 6.07) is 4.44. The Hall–Kier alpha value is -3.63. The van der Waals surface area contributed by atoms with Gasteiger partial charge in [0.2, 0.25) is 11.8 Å². The van der Waals surface area contributed by atoms with Crippen molar-refractivity contribution in [1.82, 2.24) is 20.9 Å². The van der Waals surface area contributed by atoms with Gasteiger partial charge in [-0.15, -0.1) is 0 Å². The average molecular weight is 491 g/mol. The van der Waals surface area contributed by atoms with Gasteiger partial charge in [0, 0.05) is 29.8 Å². The highest BCUT2D eigenvalue weighted by molar-refractivity contribution is 6.01. The van der Waals surface area contributed by atoms with E-state index >= 15 is 0 Å². The van der Waals surface area contributed by atoms with Gasteiger partial charge in [-0.1, -0.05) is 6.07 Å². The van der Waals surface area contributed by atoms with Gasteiger partial charge < -0.3 is 30.4 Å². The van der Waals surface area contributed by atoms with E-state index in [1.807, 2.05) is 0 Å². The Labute approximate surface area is 202 Å². The molecule has 3 rings (SSSR count). The molecule has 1 saturated heterocycles. The normalized spacial score (nSPS) is 17.4. The molecule has 1 fully saturated rings. The third-order valence-electron chi connectivity index (χ3n) is 5.89. The number of rotatable bonds is 10. The molecule has 1 aliphatic rings. The van der Waals surface area contributed by atoms with Gasteiger partial charge in [0.05, 0.1) is 14.2 Å². The fourth-order valence-electron chi connectivity index (χ4n) is 4.14. The number of aromatic nitrogens is 1. The van der Waals surface area contributed by atoms with Crippen molar-refractivity contribution in [2.75, 3.05) is 20.8 Å². The number of carbonyl (C=O) groups excluding carboxylic acids is 4. The van der Waals surface area contributed by atoms with Crippen molar-refractivity contribution in [2.24, 2.45) is 5.92 Å². The van der Waals surface area contributed by atoms with Crippen molar-refractivity contribution < 1.29 is 33.0 Å². The number of esters is 1. The molecule has 0 aliphatic carbocycles. The highest BCUT2D eigenvalue weighted by Gasteiger charge is 2.35. The van der Waals surface area contributed by atoms with E-state index in [4.69, 9.17) is 9.47 Å². The number of methoxy groups -OCH3 is 2. The topological polar surface area (TPSA) is 139 Å². The minimum absolute atomic E-state index is 0.0335. The van der Waals surface area contributed by atoms with Crippen molar-refractivity contribution in [3.05, 3.63) is 30.0 Å². The Morgan fingerprint density at radius 3 is 2.54 bits per heavy atom. The first kappa shape index (κ1) is 26.0. The molecular formula is C24H31FN4O6. The van der Waals surface area contributed by atoms with Gasteiger partial charge in [0.15, 0.2) is 0 Å². The molecule has 4 N–H and O–H groups in total. The number of ether oxygens (including phenoxy) is 2. The van der Waals surface area contributed by atoms with Gasteiger partial charge in [-0.05, 0) is 44.9 Å². The lowest BCUT2D eigenvalue weighted by atomic mass is 9.96. The van der Waals surface area contributed by atoms with Crippen molar-refractivity contribution in [2.45, 2.75) is 50.9 Å². The monoisotopic (exact) mass is 490 g/mol. The first-order chi connectivity index (χ1) is 16.5. The predicted molar refractivity (Wildman–Crippen MR) is 126 cm³/mol. The summed E-state index contributed by atoms with van der Waals surface area (Å²) in [7, 11) is 2.68. The van der Waals surface area contributed by atoms with Crippen LogP contribution in [0.3, 0.4) is 0 Å². The van der Waals surface area contributed by atoms with Crippen LogP contribution in [0.2, 0.25) is 0 Å². The minimum atomic E-state index is -1.80. The molecule has 0 bridgehead atoms. The first-order valence-electron chi connectivity index (χ1n) is 11.3. The van der Waals surface area contributed by atoms with Crippen molar-refractivity contribution in [3.8, 4) is 5.75 Å². The second-order valence-corrected chi connectivity index (χ2v) is 9.15. The van der Waals surface area contributed by atoms with Gasteiger partial charge in [0.25, 0.3) is 5.91 Å². The number of benzene rings is 1. The van der Waals surface area contributed by atoms with Gasteiger partial charge >= 0.3 is 5.97 Å². The second kappa shape index (κ2) is 10.7. The van der Waals surface area contributed by atoms with Crippen LogP contribution in [0.25, 0.3) is 10.9 Å². The molecule has 35 heavy (non-hydrogen) atoms. The van der Waals surface area contributed by atoms with E-state index < -0.39 is 41.5 Å². The molecule has 10 nitrogen and oxygen atoms in total. The van der Waals surface area contributed by atoms with Gasteiger partial charge in [-0.2, -0.15) is 0 Å². The fourth-order valence-corrected chi connectivity index (χ4v) is 4.14. The number of aromatic amines is 1. The summed E-state index contributed by atoms with van der Waals surface area (Å²) in [5, 5.41) is 8.45. The Balaban J connectivity index is 1.79. The van der Waals surface area contributed by atoms with Crippen LogP contribution in [-0.4, -0.2) is 67.2 Å². The highest BCUT2D eigenvalue weighted by atomic mass is 19.1. The van der Waals surface area contributed by atoms with Crippen molar-refractivity contribution >= 4 is 34.6 Å². The number of nitrogens with one attached hydrogen (secondary N) is 4. The maximum absolute atomic E-state index is 14.6. The Bertz CT molecular complexity index is 1110. The molecule has 2 heterocycles. The van der Waals surface area contributed by atoms with E-state index in [2.05, 4.69) is 20.9 Å². The SMILES string of the molecule is COC(=O)[C@H](C[C@@H]1CCNC1=O)NC(=O)[C@H](CC(C)(C)F)NC(=O)c1cc2c(OC)cccc2[nH]1. The van der Waals surface area contributed by atoms with Crippen LogP contribution >= 0.6 is 0 Å². The van der Waals surface area contributed by atoms with E-state index in [1.54, 1.807) is 24.3 Å². The Kier molecular flexibility index (Phi) is 7.98. The van der Waals surface area contributed by atoms with Gasteiger partial charge in [0.1, 0.15) is 29.2 Å². The third-order valence-corrected chi connectivity index (χ3v) is 5.89. The summed E-state index contributed by atoms with van der Waals surface area (Å²) in [5.41, 5.74) is -0.988. The van der Waals surface area contributed by atoms with Crippen LogP contribution in [0, 0.1) is 5.92 Å². The fraction of sp³-hybridized carbons (Fsp3) is 0.500. The van der Waals surface area contributed by atoms with E-state index in [0.29, 0.717) is 29.6 Å². The van der Waals surface area contributed by atoms with Crippen molar-refractivity contribution in [3.63, 3.8) is 0 Å². The number of amides is 3. The molecule has 2 aromatic rings. The van der Waals surface area contributed by atoms with E-state index in [0.717, 1.165) is 0 Å². The van der Waals surface area contributed by atoms with Gasteiger partial charge in [-0.3, -0.25) is 14.4 Å². The number of fused-ring (bicyclic) bond motifs is 1. The molecule has 1 aliphatic heterocycles. The molecule has 190 valence electrons. The zero-order valence-corrected chi connectivity index (χ0v) is 20.2. The molecule has 0 spiro atoms. The number of alkyl halides is 1. The number of H-pyrrole nitrogens is 1. The Morgan fingerprint density at radius 1 is 1.20 bits per heavy atom. The highest BCUT2D eigenvalue weighted by Crippen LogP contribution is 2.26. The standard InChI is InChI=1S/C24H31FN4O6/c1-24(2,25)12-18(22(32)28-17(23(33)35-4)10-13-8-9-26-20(13)30)29-21(31)16-11-14-15(27-16)6-5-7-19(14)34-3/h5-7,11,13,17-18,27H,8-10,12H2,1-4H3,(H,26,30)(H,28,32)(H,29,31)/t13-,17-,18-/m0/s1. The summed E-state index contributed by atoms with van der Waals surface area (Å²) < 4.78 is 24.6. The molecule has 1 aromatic carbocycles. The lowest BCUT2D eigenvalue weighted by Crippen LogP contribution is -2.54. The smallest absolute Gasteiger partial charge is 0.328 e. The number of hydrogen-bond donors (Lipinski definition) is 4. The molecule has 3 amide bonds. The van der Waals surface area contributed by atoms with Crippen LogP contribution in [0.5, 0.6) is 5.75 Å². The largest absolute Gasteiger partial charge is 0.496 e. The average Bonchev–Trinajstić information content (AvgIpc) is 3.42. The van der Waals surface area contributed by atoms with Crippen LogP contribution in [0.1, 0.15) is 43.6 Å². The predicted octanol–water partition coefficient (Wildman–Crippen LogP) is 1.60. The van der Waals surface area contributed by atoms with E-state index in [-0.39, 0.29) is 24.4 Å². The van der Waals surface area contributed by atoms with Crippen LogP contribution in [-0.2, 0) is 19.1 Å². The molecule has 3 atom stereocenters. The van der Waals surface area contributed by atoms with E-state index in [1.165, 1.54) is 28.1 Å². The summed E-state index contributed by atoms with van der Waals surface area (Å²) >= 11 is 0. The number of halogens is 1. The third kappa shape index (κ3) is 6.49. The summed E-state index contributed by atoms with van der Waals surface area (Å²) in [6.07, 6.45) is 0.210. The first-order valence-corrected chi connectivity index (χ1v) is 11.3. The van der Waals surface area contributed by atoms with E-state index in [9.17, 15) is 23.6 Å². The number of hydrogen-bond acceptors (Lipinski definition) is 6. The molecule has 0 radical (unpaired) electrons. The lowest BCUT2D eigenvalue weighted by Gasteiger charge is -2.26. The summed E-state index contributed by atoms with van der Waals surface area (Å²) in [4.78, 5) is 53.3. The van der Waals surface area contributed by atoms with Gasteiger partial charge in [-0.25, -0.2) is 9.18 Å². The quantitative estimate of drug-likeness (QED) is 0.373. The van der Waals surface area contributed by atoms with Crippen LogP contribution in [0.4, 0.5) is 4.39 Å². The van der Waals surface area contributed by atoms with Crippen LogP contribution < -0.4 is 20.7 Å². The zero-order valence-electron chi connectivity index (χ0n) is 20.2. The molecule has 0 unspecified atom stereocenters. The maximum atomic E-state index is 14.6. The number of carbonyl (C=O) groups is 4. The summed E-state index contributed by atoms with van der Waals surface area (Å²) in [5.74, 6) is -2.23. The van der Waals surface area contributed by atoms with Crippen LogP contribution in [0.15, 0.2) is 24.3 Å². The maximum Gasteiger partial charge on any atom is 0.328 e. The molecule has 1 aromatic heterocycles. The zero-order chi connectivity index (χ0) is 25.8. The minimum Gasteiger partial charge on any atom is -0.496 e.